The summed E-state index contributed by atoms with van der Waals surface area (Å²) in [5.74, 6) is 0.823. The van der Waals surface area contributed by atoms with E-state index in [2.05, 4.69) is 27.3 Å². The number of hydrogen-bond donors (Lipinski definition) is 1. The molecule has 1 aliphatic rings. The minimum Gasteiger partial charge on any atom is -0.316 e. The average Bonchev–Trinajstić information content (AvgIpc) is 2.32. The van der Waals surface area contributed by atoms with Crippen molar-refractivity contribution in [2.24, 2.45) is 5.92 Å². The third-order valence-electron chi connectivity index (χ3n) is 3.23. The molecule has 0 spiro atoms. The van der Waals surface area contributed by atoms with Crippen molar-refractivity contribution in [2.75, 3.05) is 13.1 Å². The van der Waals surface area contributed by atoms with Crippen LogP contribution in [0.15, 0.2) is 22.7 Å². The van der Waals surface area contributed by atoms with Crippen LogP contribution in [0.5, 0.6) is 0 Å². The van der Waals surface area contributed by atoms with Crippen LogP contribution in [0.4, 0.5) is 0 Å². The Balaban J connectivity index is 0.00000144. The number of piperidine rings is 1. The lowest BCUT2D eigenvalue weighted by atomic mass is 9.93. The SMILES string of the molecule is Cl.Clc1ccc(Br)cc1CCC1CCCNC1. The van der Waals surface area contributed by atoms with Crippen LogP contribution in [0.2, 0.25) is 5.02 Å². The van der Waals surface area contributed by atoms with Crippen molar-refractivity contribution in [3.63, 3.8) is 0 Å². The van der Waals surface area contributed by atoms with Crippen LogP contribution < -0.4 is 5.32 Å². The Labute approximate surface area is 123 Å². The molecule has 2 rings (SSSR count). The first-order valence-electron chi connectivity index (χ1n) is 5.90. The molecule has 0 bridgehead atoms. The zero-order valence-corrected chi connectivity index (χ0v) is 12.9. The van der Waals surface area contributed by atoms with Crippen LogP contribution in [0, 0.1) is 5.92 Å². The predicted octanol–water partition coefficient (Wildman–Crippen LogP) is 4.46. The van der Waals surface area contributed by atoms with Crippen LogP contribution in [0.3, 0.4) is 0 Å². The summed E-state index contributed by atoms with van der Waals surface area (Å²) in [6, 6.07) is 6.10. The van der Waals surface area contributed by atoms with Gasteiger partial charge in [-0.15, -0.1) is 12.4 Å². The van der Waals surface area contributed by atoms with Gasteiger partial charge >= 0.3 is 0 Å². The third kappa shape index (κ3) is 4.78. The molecular formula is C13H18BrCl2N. The van der Waals surface area contributed by atoms with Crippen LogP contribution in [-0.2, 0) is 6.42 Å². The summed E-state index contributed by atoms with van der Waals surface area (Å²) in [5, 5.41) is 4.35. The van der Waals surface area contributed by atoms with Crippen molar-refractivity contribution in [1.82, 2.24) is 5.32 Å². The van der Waals surface area contributed by atoms with Gasteiger partial charge in [0.05, 0.1) is 0 Å². The van der Waals surface area contributed by atoms with Gasteiger partial charge < -0.3 is 5.32 Å². The first-order valence-corrected chi connectivity index (χ1v) is 7.07. The number of aryl methyl sites for hydroxylation is 1. The van der Waals surface area contributed by atoms with Gasteiger partial charge in [0, 0.05) is 9.50 Å². The molecule has 1 aliphatic heterocycles. The van der Waals surface area contributed by atoms with E-state index in [-0.39, 0.29) is 12.4 Å². The molecule has 1 saturated heterocycles. The highest BCUT2D eigenvalue weighted by molar-refractivity contribution is 9.10. The highest BCUT2D eigenvalue weighted by atomic mass is 79.9. The molecule has 0 amide bonds. The van der Waals surface area contributed by atoms with E-state index >= 15 is 0 Å². The molecule has 1 aromatic carbocycles. The van der Waals surface area contributed by atoms with E-state index < -0.39 is 0 Å². The van der Waals surface area contributed by atoms with Crippen LogP contribution >= 0.6 is 39.9 Å². The summed E-state index contributed by atoms with van der Waals surface area (Å²) in [5.41, 5.74) is 1.27. The zero-order valence-electron chi connectivity index (χ0n) is 9.72. The van der Waals surface area contributed by atoms with Crippen molar-refractivity contribution in [3.8, 4) is 0 Å². The fourth-order valence-electron chi connectivity index (χ4n) is 2.26. The Morgan fingerprint density at radius 1 is 1.41 bits per heavy atom. The fourth-order valence-corrected chi connectivity index (χ4v) is 2.89. The van der Waals surface area contributed by atoms with Crippen LogP contribution in [-0.4, -0.2) is 13.1 Å². The van der Waals surface area contributed by atoms with E-state index in [0.717, 1.165) is 21.8 Å². The molecule has 1 nitrogen and oxygen atoms in total. The number of rotatable bonds is 3. The van der Waals surface area contributed by atoms with Gasteiger partial charge in [0.1, 0.15) is 0 Å². The number of halogens is 3. The van der Waals surface area contributed by atoms with Gasteiger partial charge in [-0.05, 0) is 68.5 Å². The van der Waals surface area contributed by atoms with Gasteiger partial charge in [-0.3, -0.25) is 0 Å². The van der Waals surface area contributed by atoms with Crippen molar-refractivity contribution < 1.29 is 0 Å². The summed E-state index contributed by atoms with van der Waals surface area (Å²) in [7, 11) is 0. The van der Waals surface area contributed by atoms with E-state index in [4.69, 9.17) is 11.6 Å². The maximum Gasteiger partial charge on any atom is 0.0438 e. The maximum absolute atomic E-state index is 6.18. The van der Waals surface area contributed by atoms with Crippen LogP contribution in [0.25, 0.3) is 0 Å². The number of benzene rings is 1. The molecule has 1 heterocycles. The standard InChI is InChI=1S/C13H17BrClN.ClH/c14-12-5-6-13(15)11(8-12)4-3-10-2-1-7-16-9-10;/h5-6,8,10,16H,1-4,7,9H2;1H. The molecule has 1 N–H and O–H groups in total. The Kier molecular flexibility index (Phi) is 6.86. The summed E-state index contributed by atoms with van der Waals surface area (Å²) < 4.78 is 1.12. The highest BCUT2D eigenvalue weighted by Gasteiger charge is 2.13. The van der Waals surface area contributed by atoms with Crippen LogP contribution in [0.1, 0.15) is 24.8 Å². The number of hydrogen-bond acceptors (Lipinski definition) is 1. The first-order chi connectivity index (χ1) is 7.75. The molecular weight excluding hydrogens is 321 g/mol. The topological polar surface area (TPSA) is 12.0 Å². The lowest BCUT2D eigenvalue weighted by Crippen LogP contribution is -2.29. The lowest BCUT2D eigenvalue weighted by Gasteiger charge is -2.22. The maximum atomic E-state index is 6.18. The van der Waals surface area contributed by atoms with Crippen molar-refractivity contribution >= 4 is 39.9 Å². The van der Waals surface area contributed by atoms with Gasteiger partial charge in [0.2, 0.25) is 0 Å². The Hall–Kier alpha value is 0.240. The molecule has 0 aromatic heterocycles. The Morgan fingerprint density at radius 2 is 2.24 bits per heavy atom. The van der Waals surface area contributed by atoms with E-state index in [1.165, 1.54) is 37.9 Å². The molecule has 1 atom stereocenters. The second kappa shape index (κ2) is 7.63. The number of nitrogens with one attached hydrogen (secondary N) is 1. The summed E-state index contributed by atoms with van der Waals surface area (Å²) in [6.07, 6.45) is 5.00. The molecule has 0 saturated carbocycles. The third-order valence-corrected chi connectivity index (χ3v) is 4.09. The molecule has 1 aromatic rings. The monoisotopic (exact) mass is 337 g/mol. The van der Waals surface area contributed by atoms with Gasteiger partial charge in [-0.25, -0.2) is 0 Å². The summed E-state index contributed by atoms with van der Waals surface area (Å²) in [4.78, 5) is 0. The second-order valence-electron chi connectivity index (χ2n) is 4.49. The first kappa shape index (κ1) is 15.3. The minimum absolute atomic E-state index is 0. The smallest absolute Gasteiger partial charge is 0.0438 e. The van der Waals surface area contributed by atoms with Crippen molar-refractivity contribution in [3.05, 3.63) is 33.3 Å². The van der Waals surface area contributed by atoms with Gasteiger partial charge in [0.25, 0.3) is 0 Å². The van der Waals surface area contributed by atoms with E-state index in [1.54, 1.807) is 0 Å². The zero-order chi connectivity index (χ0) is 11.4. The van der Waals surface area contributed by atoms with Gasteiger partial charge in [0.15, 0.2) is 0 Å². The molecule has 1 fully saturated rings. The van der Waals surface area contributed by atoms with Crippen molar-refractivity contribution in [2.45, 2.75) is 25.7 Å². The molecule has 0 radical (unpaired) electrons. The van der Waals surface area contributed by atoms with Gasteiger partial charge in [-0.1, -0.05) is 27.5 Å². The molecule has 0 aliphatic carbocycles. The average molecular weight is 339 g/mol. The Morgan fingerprint density at radius 3 is 2.94 bits per heavy atom. The molecule has 1 unspecified atom stereocenters. The minimum atomic E-state index is 0. The largest absolute Gasteiger partial charge is 0.316 e. The quantitative estimate of drug-likeness (QED) is 0.858. The second-order valence-corrected chi connectivity index (χ2v) is 5.81. The van der Waals surface area contributed by atoms with E-state index in [0.29, 0.717) is 0 Å². The van der Waals surface area contributed by atoms with E-state index in [1.807, 2.05) is 12.1 Å². The molecule has 4 heteroatoms. The van der Waals surface area contributed by atoms with E-state index in [9.17, 15) is 0 Å². The Bertz CT molecular complexity index is 351. The molecule has 17 heavy (non-hydrogen) atoms. The van der Waals surface area contributed by atoms with Gasteiger partial charge in [-0.2, -0.15) is 0 Å². The lowest BCUT2D eigenvalue weighted by molar-refractivity contribution is 0.358. The fraction of sp³-hybridized carbons (Fsp3) is 0.538. The summed E-state index contributed by atoms with van der Waals surface area (Å²) >= 11 is 9.67. The van der Waals surface area contributed by atoms with Crippen molar-refractivity contribution in [1.29, 1.82) is 0 Å². The predicted molar refractivity (Wildman–Crippen MR) is 80.3 cm³/mol. The summed E-state index contributed by atoms with van der Waals surface area (Å²) in [6.45, 7) is 2.36. The normalized spacial score (nSPS) is 19.8. The molecule has 96 valence electrons. The highest BCUT2D eigenvalue weighted by Crippen LogP contribution is 2.24.